The molecule has 2 aromatic carbocycles. The zero-order valence-corrected chi connectivity index (χ0v) is 15.9. The summed E-state index contributed by atoms with van der Waals surface area (Å²) in [6.07, 6.45) is 0. The van der Waals surface area contributed by atoms with Crippen molar-refractivity contribution in [2.24, 2.45) is 0 Å². The number of nitrogens with zero attached hydrogens (tertiary/aromatic N) is 1. The second-order valence-corrected chi connectivity index (χ2v) is 6.91. The Labute approximate surface area is 164 Å². The molecule has 0 radical (unpaired) electrons. The third kappa shape index (κ3) is 5.35. The van der Waals surface area contributed by atoms with E-state index in [2.05, 4.69) is 15.3 Å². The van der Waals surface area contributed by atoms with E-state index in [1.165, 1.54) is 6.07 Å². The molecule has 0 atom stereocenters. The SMILES string of the molecule is COc1ccc(-c2cc(=O)[nH]c(SCC(=O)Nc3ccc(Cl)cc3)n2)cc1. The molecule has 0 saturated heterocycles. The molecule has 0 saturated carbocycles. The number of amides is 1. The number of carbonyl (C=O) groups is 1. The minimum Gasteiger partial charge on any atom is -0.497 e. The number of benzene rings is 2. The second-order valence-electron chi connectivity index (χ2n) is 5.51. The van der Waals surface area contributed by atoms with Crippen molar-refractivity contribution in [3.63, 3.8) is 0 Å². The fourth-order valence-electron chi connectivity index (χ4n) is 2.28. The highest BCUT2D eigenvalue weighted by atomic mass is 35.5. The molecule has 0 unspecified atom stereocenters. The van der Waals surface area contributed by atoms with Gasteiger partial charge >= 0.3 is 0 Å². The van der Waals surface area contributed by atoms with Gasteiger partial charge in [-0.3, -0.25) is 9.59 Å². The average Bonchev–Trinajstić information content (AvgIpc) is 2.68. The first-order valence-electron chi connectivity index (χ1n) is 7.97. The van der Waals surface area contributed by atoms with Crippen molar-refractivity contribution < 1.29 is 9.53 Å². The van der Waals surface area contributed by atoms with Gasteiger partial charge in [-0.2, -0.15) is 0 Å². The van der Waals surface area contributed by atoms with E-state index in [9.17, 15) is 9.59 Å². The lowest BCUT2D eigenvalue weighted by Gasteiger charge is -2.07. The summed E-state index contributed by atoms with van der Waals surface area (Å²) >= 11 is 6.97. The Morgan fingerprint density at radius 2 is 1.89 bits per heavy atom. The molecule has 0 aliphatic rings. The molecule has 1 heterocycles. The summed E-state index contributed by atoms with van der Waals surface area (Å²) in [4.78, 5) is 31.1. The molecule has 1 aromatic heterocycles. The van der Waals surface area contributed by atoms with E-state index in [0.717, 1.165) is 23.1 Å². The van der Waals surface area contributed by atoms with E-state index in [-0.39, 0.29) is 17.2 Å². The van der Waals surface area contributed by atoms with Crippen molar-refractivity contribution >= 4 is 35.0 Å². The summed E-state index contributed by atoms with van der Waals surface area (Å²) in [5, 5.41) is 3.73. The van der Waals surface area contributed by atoms with E-state index in [1.54, 1.807) is 43.5 Å². The Hall–Kier alpha value is -2.77. The van der Waals surface area contributed by atoms with Gasteiger partial charge in [0, 0.05) is 22.3 Å². The summed E-state index contributed by atoms with van der Waals surface area (Å²) in [7, 11) is 1.59. The van der Waals surface area contributed by atoms with Crippen molar-refractivity contribution in [2.75, 3.05) is 18.2 Å². The van der Waals surface area contributed by atoms with E-state index >= 15 is 0 Å². The fourth-order valence-corrected chi connectivity index (χ4v) is 3.08. The van der Waals surface area contributed by atoms with Crippen LogP contribution in [0.25, 0.3) is 11.3 Å². The van der Waals surface area contributed by atoms with E-state index in [4.69, 9.17) is 16.3 Å². The summed E-state index contributed by atoms with van der Waals surface area (Å²) in [5.41, 5.74) is 1.69. The number of thioether (sulfide) groups is 1. The molecule has 0 aliphatic carbocycles. The highest BCUT2D eigenvalue weighted by Crippen LogP contribution is 2.22. The third-order valence-corrected chi connectivity index (χ3v) is 4.70. The Morgan fingerprint density at radius 1 is 1.19 bits per heavy atom. The quantitative estimate of drug-likeness (QED) is 0.484. The van der Waals surface area contributed by atoms with Gasteiger partial charge in [0.2, 0.25) is 5.91 Å². The number of aromatic nitrogens is 2. The number of anilines is 1. The van der Waals surface area contributed by atoms with Gasteiger partial charge in [0.25, 0.3) is 5.56 Å². The maximum absolute atomic E-state index is 12.1. The van der Waals surface area contributed by atoms with Gasteiger partial charge in [-0.15, -0.1) is 0 Å². The molecule has 3 aromatic rings. The molecule has 1 amide bonds. The number of nitrogens with one attached hydrogen (secondary N) is 2. The standard InChI is InChI=1S/C19H16ClN3O3S/c1-26-15-8-2-12(3-9-15)16-10-17(24)23-19(22-16)27-11-18(25)21-14-6-4-13(20)5-7-14/h2-10H,11H2,1H3,(H,21,25)(H,22,23,24). The number of H-pyrrole nitrogens is 1. The monoisotopic (exact) mass is 401 g/mol. The van der Waals surface area contributed by atoms with Crippen LogP contribution in [0, 0.1) is 0 Å². The number of hydrogen-bond acceptors (Lipinski definition) is 5. The van der Waals surface area contributed by atoms with Crippen LogP contribution >= 0.6 is 23.4 Å². The van der Waals surface area contributed by atoms with Crippen LogP contribution in [-0.2, 0) is 4.79 Å². The van der Waals surface area contributed by atoms with Crippen molar-refractivity contribution in [1.29, 1.82) is 0 Å². The smallest absolute Gasteiger partial charge is 0.252 e. The minimum absolute atomic E-state index is 0.109. The molecular weight excluding hydrogens is 386 g/mol. The third-order valence-electron chi connectivity index (χ3n) is 3.57. The topological polar surface area (TPSA) is 84.1 Å². The molecular formula is C19H16ClN3O3S. The Bertz CT molecular complexity index is 988. The summed E-state index contributed by atoms with van der Waals surface area (Å²) in [6.45, 7) is 0. The first kappa shape index (κ1) is 19.0. The zero-order valence-electron chi connectivity index (χ0n) is 14.4. The van der Waals surface area contributed by atoms with Crippen LogP contribution in [0.1, 0.15) is 0 Å². The number of methoxy groups -OCH3 is 1. The highest BCUT2D eigenvalue weighted by Gasteiger charge is 2.08. The second kappa shape index (κ2) is 8.75. The lowest BCUT2D eigenvalue weighted by molar-refractivity contribution is -0.113. The van der Waals surface area contributed by atoms with Crippen molar-refractivity contribution in [3.8, 4) is 17.0 Å². The van der Waals surface area contributed by atoms with Crippen LogP contribution < -0.4 is 15.6 Å². The van der Waals surface area contributed by atoms with E-state index in [1.807, 2.05) is 12.1 Å². The van der Waals surface area contributed by atoms with Crippen LogP contribution in [0.4, 0.5) is 5.69 Å². The van der Waals surface area contributed by atoms with Gasteiger partial charge in [0.15, 0.2) is 5.16 Å². The maximum atomic E-state index is 12.1. The summed E-state index contributed by atoms with van der Waals surface area (Å²) < 4.78 is 5.13. The molecule has 0 fully saturated rings. The van der Waals surface area contributed by atoms with E-state index < -0.39 is 0 Å². The summed E-state index contributed by atoms with van der Waals surface area (Å²) in [5.74, 6) is 0.620. The van der Waals surface area contributed by atoms with Gasteiger partial charge in [-0.1, -0.05) is 23.4 Å². The van der Waals surface area contributed by atoms with Gasteiger partial charge < -0.3 is 15.0 Å². The van der Waals surface area contributed by atoms with Crippen LogP contribution in [0.15, 0.2) is 64.5 Å². The van der Waals surface area contributed by atoms with Gasteiger partial charge in [-0.05, 0) is 48.5 Å². The van der Waals surface area contributed by atoms with Gasteiger partial charge in [0.05, 0.1) is 18.6 Å². The van der Waals surface area contributed by atoms with Crippen molar-refractivity contribution in [1.82, 2.24) is 9.97 Å². The predicted octanol–water partition coefficient (Wildman–Crippen LogP) is 3.83. The Morgan fingerprint density at radius 3 is 2.56 bits per heavy atom. The first-order chi connectivity index (χ1) is 13.0. The molecule has 3 rings (SSSR count). The molecule has 27 heavy (non-hydrogen) atoms. The number of ether oxygens (including phenoxy) is 1. The summed E-state index contributed by atoms with van der Waals surface area (Å²) in [6, 6.07) is 15.5. The number of hydrogen-bond donors (Lipinski definition) is 2. The van der Waals surface area contributed by atoms with Gasteiger partial charge in [-0.25, -0.2) is 4.98 Å². The van der Waals surface area contributed by atoms with Crippen LogP contribution in [0.5, 0.6) is 5.75 Å². The zero-order chi connectivity index (χ0) is 19.2. The number of halogens is 1. The fraction of sp³-hybridized carbons (Fsp3) is 0.105. The highest BCUT2D eigenvalue weighted by molar-refractivity contribution is 7.99. The molecule has 0 bridgehead atoms. The lowest BCUT2D eigenvalue weighted by atomic mass is 10.1. The normalized spacial score (nSPS) is 10.4. The van der Waals surface area contributed by atoms with Crippen LogP contribution in [0.2, 0.25) is 5.02 Å². The largest absolute Gasteiger partial charge is 0.497 e. The number of rotatable bonds is 6. The van der Waals surface area contributed by atoms with Crippen molar-refractivity contribution in [3.05, 3.63) is 70.0 Å². The number of aromatic amines is 1. The average molecular weight is 402 g/mol. The predicted molar refractivity (Wildman–Crippen MR) is 108 cm³/mol. The Balaban J connectivity index is 1.67. The Kier molecular flexibility index (Phi) is 6.16. The molecule has 0 spiro atoms. The molecule has 6 nitrogen and oxygen atoms in total. The maximum Gasteiger partial charge on any atom is 0.252 e. The van der Waals surface area contributed by atoms with Gasteiger partial charge in [0.1, 0.15) is 5.75 Å². The molecule has 138 valence electrons. The number of carbonyl (C=O) groups excluding carboxylic acids is 1. The minimum atomic E-state index is -0.281. The molecule has 0 aliphatic heterocycles. The van der Waals surface area contributed by atoms with E-state index in [0.29, 0.717) is 21.6 Å². The molecule has 8 heteroatoms. The first-order valence-corrected chi connectivity index (χ1v) is 9.34. The van der Waals surface area contributed by atoms with Crippen LogP contribution in [0.3, 0.4) is 0 Å². The van der Waals surface area contributed by atoms with Crippen LogP contribution in [-0.4, -0.2) is 28.7 Å². The lowest BCUT2D eigenvalue weighted by Crippen LogP contribution is -2.15. The molecule has 2 N–H and O–H groups in total. The van der Waals surface area contributed by atoms with Crippen molar-refractivity contribution in [2.45, 2.75) is 5.16 Å².